The number of hydrogen-bond acceptors (Lipinski definition) is 4. The summed E-state index contributed by atoms with van der Waals surface area (Å²) < 4.78 is 7.23. The van der Waals surface area contributed by atoms with Gasteiger partial charge in [0.25, 0.3) is 0 Å². The summed E-state index contributed by atoms with van der Waals surface area (Å²) in [6, 6.07) is 11.2. The number of fused-ring (bicyclic) bond motifs is 1. The number of nitrogens with zero attached hydrogens (tertiary/aromatic N) is 4. The molecule has 0 saturated heterocycles. The fourth-order valence-electron chi connectivity index (χ4n) is 3.08. The van der Waals surface area contributed by atoms with E-state index < -0.39 is 0 Å². The van der Waals surface area contributed by atoms with Crippen LogP contribution in [-0.4, -0.2) is 19.7 Å². The summed E-state index contributed by atoms with van der Waals surface area (Å²) >= 11 is 0. The molecule has 2 aromatic heterocycles. The monoisotopic (exact) mass is 496 g/mol. The third-order valence-corrected chi connectivity index (χ3v) is 3.91. The van der Waals surface area contributed by atoms with Crippen LogP contribution in [-0.2, 0) is 20.1 Å². The van der Waals surface area contributed by atoms with E-state index in [0.29, 0.717) is 11.4 Å². The molecule has 2 aromatic carbocycles. The van der Waals surface area contributed by atoms with Gasteiger partial charge in [-0.2, -0.15) is 5.10 Å². The van der Waals surface area contributed by atoms with Crippen LogP contribution in [0.2, 0.25) is 0 Å². The summed E-state index contributed by atoms with van der Waals surface area (Å²) in [6.45, 7) is 6.26. The van der Waals surface area contributed by atoms with Gasteiger partial charge in [-0.1, -0.05) is 29.3 Å². The Bertz CT molecular complexity index is 996. The van der Waals surface area contributed by atoms with Gasteiger partial charge in [0.15, 0.2) is 6.39 Å². The molecule has 0 amide bonds. The number of oxazole rings is 1. The topological polar surface area (TPSA) is 56.7 Å². The average Bonchev–Trinajstić information content (AvgIpc) is 3.14. The first-order valence-electron chi connectivity index (χ1n) is 7.37. The van der Waals surface area contributed by atoms with Crippen LogP contribution in [0.5, 0.6) is 0 Å². The van der Waals surface area contributed by atoms with E-state index in [1.165, 1.54) is 12.0 Å². The van der Waals surface area contributed by atoms with Gasteiger partial charge in [0.05, 0.1) is 17.1 Å². The molecule has 0 N–H and O–H groups in total. The van der Waals surface area contributed by atoms with Crippen LogP contribution < -0.4 is 0 Å². The first kappa shape index (κ1) is 16.6. The predicted molar refractivity (Wildman–Crippen MR) is 87.4 cm³/mol. The summed E-state index contributed by atoms with van der Waals surface area (Å²) in [5, 5.41) is 4.43. The van der Waals surface area contributed by atoms with Gasteiger partial charge in [0.1, 0.15) is 6.33 Å². The Hall–Kier alpha value is -2.30. The van der Waals surface area contributed by atoms with Gasteiger partial charge in [-0.15, -0.1) is 12.1 Å². The molecule has 0 saturated carbocycles. The van der Waals surface area contributed by atoms with Crippen LogP contribution >= 0.6 is 0 Å². The molecule has 0 aliphatic heterocycles. The van der Waals surface area contributed by atoms with Crippen LogP contribution in [0.15, 0.2) is 41.4 Å². The zero-order valence-corrected chi connectivity index (χ0v) is 15.9. The van der Waals surface area contributed by atoms with Gasteiger partial charge in [0.2, 0.25) is 0 Å². The molecule has 0 spiro atoms. The van der Waals surface area contributed by atoms with Crippen LogP contribution in [0.1, 0.15) is 16.7 Å². The fraction of sp³-hybridized carbons (Fsp3) is 0.167. The summed E-state index contributed by atoms with van der Waals surface area (Å²) in [5.41, 5.74) is 6.82. The van der Waals surface area contributed by atoms with Crippen molar-refractivity contribution in [2.45, 2.75) is 20.8 Å². The van der Waals surface area contributed by atoms with Crippen molar-refractivity contribution in [3.63, 3.8) is 0 Å². The number of rotatable bonds is 2. The maximum Gasteiger partial charge on any atom is 0.170 e. The SMILES string of the molecule is Cc1cc(C)c(-n2ncnc2-c2[c-]ccc3ocnc23)c(C)c1.[Ir]. The quantitative estimate of drug-likeness (QED) is 0.397. The van der Waals surface area contributed by atoms with E-state index in [0.717, 1.165) is 27.9 Å². The maximum atomic E-state index is 5.38. The molecule has 5 nitrogen and oxygen atoms in total. The molecular formula is C18H15IrN4O-. The standard InChI is InChI=1S/C18H15N4O.Ir/c1-11-7-12(2)17(13(3)8-11)22-18(19-9-21-22)14-5-4-6-15-16(14)20-10-23-15;/h4,6-10H,1-3H3;/q-1;. The fourth-order valence-corrected chi connectivity index (χ4v) is 3.08. The van der Waals surface area contributed by atoms with E-state index in [-0.39, 0.29) is 20.1 Å². The minimum absolute atomic E-state index is 0. The van der Waals surface area contributed by atoms with Gasteiger partial charge in [-0.05, 0) is 31.9 Å². The van der Waals surface area contributed by atoms with Crippen molar-refractivity contribution in [2.24, 2.45) is 0 Å². The van der Waals surface area contributed by atoms with Crippen molar-refractivity contribution in [3.05, 3.63) is 59.7 Å². The second-order valence-corrected chi connectivity index (χ2v) is 5.66. The van der Waals surface area contributed by atoms with Gasteiger partial charge >= 0.3 is 0 Å². The Labute approximate surface area is 153 Å². The first-order chi connectivity index (χ1) is 11.1. The largest absolute Gasteiger partial charge is 0.464 e. The van der Waals surface area contributed by atoms with Crippen LogP contribution in [0.3, 0.4) is 0 Å². The normalized spacial score (nSPS) is 10.8. The van der Waals surface area contributed by atoms with E-state index in [4.69, 9.17) is 4.42 Å². The third-order valence-electron chi connectivity index (χ3n) is 3.91. The second kappa shape index (κ2) is 6.30. The average molecular weight is 496 g/mol. The molecule has 4 rings (SSSR count). The van der Waals surface area contributed by atoms with Crippen molar-refractivity contribution in [1.29, 1.82) is 0 Å². The Kier molecular flexibility index (Phi) is 4.35. The molecule has 0 fully saturated rings. The Balaban J connectivity index is 0.00000169. The van der Waals surface area contributed by atoms with E-state index in [1.54, 1.807) is 6.33 Å². The van der Waals surface area contributed by atoms with Gasteiger partial charge in [-0.3, -0.25) is 14.6 Å². The summed E-state index contributed by atoms with van der Waals surface area (Å²) in [6.07, 6.45) is 2.99. The molecule has 4 aromatic rings. The molecule has 0 unspecified atom stereocenters. The van der Waals surface area contributed by atoms with E-state index in [9.17, 15) is 0 Å². The van der Waals surface area contributed by atoms with E-state index >= 15 is 0 Å². The zero-order valence-electron chi connectivity index (χ0n) is 13.5. The Morgan fingerprint density at radius 3 is 2.58 bits per heavy atom. The van der Waals surface area contributed by atoms with Crippen molar-refractivity contribution in [2.75, 3.05) is 0 Å². The molecular weight excluding hydrogens is 480 g/mol. The van der Waals surface area contributed by atoms with E-state index in [2.05, 4.69) is 54.0 Å². The van der Waals surface area contributed by atoms with Gasteiger partial charge in [0, 0.05) is 25.6 Å². The Morgan fingerprint density at radius 2 is 1.83 bits per heavy atom. The predicted octanol–water partition coefficient (Wildman–Crippen LogP) is 3.80. The molecule has 24 heavy (non-hydrogen) atoms. The van der Waals surface area contributed by atoms with Crippen LogP contribution in [0.25, 0.3) is 28.2 Å². The van der Waals surface area contributed by atoms with Gasteiger partial charge < -0.3 is 4.42 Å². The van der Waals surface area contributed by atoms with Crippen LogP contribution in [0, 0.1) is 26.8 Å². The molecule has 6 heteroatoms. The minimum Gasteiger partial charge on any atom is -0.464 e. The van der Waals surface area contributed by atoms with Crippen LogP contribution in [0.4, 0.5) is 0 Å². The molecule has 0 bridgehead atoms. The second-order valence-electron chi connectivity index (χ2n) is 5.66. The zero-order chi connectivity index (χ0) is 16.0. The maximum absolute atomic E-state index is 5.38. The third kappa shape index (κ3) is 2.58. The molecule has 2 heterocycles. The van der Waals surface area contributed by atoms with Crippen molar-refractivity contribution in [1.82, 2.24) is 19.7 Å². The van der Waals surface area contributed by atoms with E-state index in [1.807, 2.05) is 16.8 Å². The summed E-state index contributed by atoms with van der Waals surface area (Å²) in [5.74, 6) is 0.708. The summed E-state index contributed by atoms with van der Waals surface area (Å²) in [4.78, 5) is 8.73. The number of hydrogen-bond donors (Lipinski definition) is 0. The van der Waals surface area contributed by atoms with Gasteiger partial charge in [-0.25, -0.2) is 0 Å². The number of aromatic nitrogens is 4. The number of aryl methyl sites for hydroxylation is 3. The first-order valence-corrected chi connectivity index (χ1v) is 7.37. The Morgan fingerprint density at radius 1 is 1.08 bits per heavy atom. The minimum atomic E-state index is 0. The molecule has 1 radical (unpaired) electrons. The van der Waals surface area contributed by atoms with Crippen molar-refractivity contribution in [3.8, 4) is 17.1 Å². The smallest absolute Gasteiger partial charge is 0.170 e. The van der Waals surface area contributed by atoms with Crippen molar-refractivity contribution >= 4 is 11.1 Å². The molecule has 0 aliphatic rings. The number of benzene rings is 2. The molecule has 0 atom stereocenters. The van der Waals surface area contributed by atoms with Crippen molar-refractivity contribution < 1.29 is 24.5 Å². The molecule has 0 aliphatic carbocycles. The molecule has 123 valence electrons. The summed E-state index contributed by atoms with van der Waals surface area (Å²) in [7, 11) is 0.